The molecule has 4 atom stereocenters. The summed E-state index contributed by atoms with van der Waals surface area (Å²) in [5, 5.41) is 13.7. The SMILES string of the molecule is CS(=O)(=O)N1CCC(O)(C(=O)N[C@@H]2CC(C=O)[C@]3(S(=O)(=O)c4ccc(F)cc4)c4ccc(C(F)(C(F)(F)F)C(F)(F)F)cc4CC[C@@H]23)CC1. The number of aldehydes is 1. The maximum atomic E-state index is 15.1. The molecule has 0 bridgehead atoms. The zero-order valence-electron chi connectivity index (χ0n) is 25.5. The van der Waals surface area contributed by atoms with Crippen LogP contribution in [0.3, 0.4) is 0 Å². The van der Waals surface area contributed by atoms with E-state index in [2.05, 4.69) is 5.32 Å². The summed E-state index contributed by atoms with van der Waals surface area (Å²) < 4.78 is 162. The van der Waals surface area contributed by atoms with Crippen LogP contribution in [0.4, 0.5) is 35.1 Å². The number of rotatable bonds is 7. The Balaban J connectivity index is 1.64. The number of halogens is 8. The number of carbonyl (C=O) groups is 2. The van der Waals surface area contributed by atoms with E-state index in [1.54, 1.807) is 0 Å². The molecule has 49 heavy (non-hydrogen) atoms. The zero-order chi connectivity index (χ0) is 36.6. The Kier molecular flexibility index (Phi) is 9.07. The number of carbonyl (C=O) groups excluding carboxylic acids is 2. The van der Waals surface area contributed by atoms with E-state index in [0.29, 0.717) is 6.07 Å². The average Bonchev–Trinajstić information content (AvgIpc) is 3.34. The second-order valence-corrected chi connectivity index (χ2v) is 16.8. The Morgan fingerprint density at radius 2 is 1.53 bits per heavy atom. The number of sulfone groups is 1. The van der Waals surface area contributed by atoms with Crippen molar-refractivity contribution in [3.05, 3.63) is 65.0 Å². The van der Waals surface area contributed by atoms with Crippen LogP contribution >= 0.6 is 0 Å². The summed E-state index contributed by atoms with van der Waals surface area (Å²) in [7, 11) is -8.56. The summed E-state index contributed by atoms with van der Waals surface area (Å²) in [6, 6.07) is 3.15. The average molecular weight is 747 g/mol. The van der Waals surface area contributed by atoms with Crippen LogP contribution in [-0.4, -0.2) is 81.8 Å². The number of amides is 1. The van der Waals surface area contributed by atoms with Crippen LogP contribution in [0.25, 0.3) is 0 Å². The van der Waals surface area contributed by atoms with Gasteiger partial charge < -0.3 is 15.2 Å². The number of sulfonamides is 1. The maximum Gasteiger partial charge on any atom is 0.435 e. The summed E-state index contributed by atoms with van der Waals surface area (Å²) in [5.74, 6) is -4.73. The van der Waals surface area contributed by atoms with Crippen molar-refractivity contribution in [2.24, 2.45) is 11.8 Å². The van der Waals surface area contributed by atoms with Crippen LogP contribution in [-0.2, 0) is 46.3 Å². The van der Waals surface area contributed by atoms with E-state index in [4.69, 9.17) is 0 Å². The van der Waals surface area contributed by atoms with Crippen LogP contribution in [0, 0.1) is 17.7 Å². The summed E-state index contributed by atoms with van der Waals surface area (Å²) in [6.07, 6.45) is -13.6. The third-order valence-corrected chi connectivity index (χ3v) is 13.9. The Morgan fingerprint density at radius 3 is 2.04 bits per heavy atom. The molecule has 0 spiro atoms. The highest BCUT2D eigenvalue weighted by atomic mass is 32.2. The largest absolute Gasteiger partial charge is 0.435 e. The van der Waals surface area contributed by atoms with Gasteiger partial charge in [0.2, 0.25) is 10.0 Å². The predicted molar refractivity (Wildman–Crippen MR) is 155 cm³/mol. The Morgan fingerprint density at radius 1 is 0.959 bits per heavy atom. The molecule has 9 nitrogen and oxygen atoms in total. The fourth-order valence-electron chi connectivity index (χ4n) is 7.58. The van der Waals surface area contributed by atoms with Crippen molar-refractivity contribution < 1.29 is 66.7 Å². The molecule has 3 aliphatic rings. The normalized spacial score (nSPS) is 26.4. The predicted octanol–water partition coefficient (Wildman–Crippen LogP) is 3.84. The fourth-order valence-corrected chi connectivity index (χ4v) is 11.0. The second-order valence-electron chi connectivity index (χ2n) is 12.7. The molecule has 0 aromatic heterocycles. The van der Waals surface area contributed by atoms with Crippen molar-refractivity contribution >= 4 is 32.1 Å². The highest BCUT2D eigenvalue weighted by Gasteiger charge is 2.74. The first-order valence-electron chi connectivity index (χ1n) is 14.9. The van der Waals surface area contributed by atoms with Crippen LogP contribution in [0.15, 0.2) is 47.4 Å². The minimum absolute atomic E-state index is 0.163. The Hall–Kier alpha value is -3.16. The molecule has 1 saturated carbocycles. The van der Waals surface area contributed by atoms with Crippen LogP contribution in [0.1, 0.15) is 42.4 Å². The van der Waals surface area contributed by atoms with Gasteiger partial charge in [0.1, 0.15) is 22.5 Å². The zero-order valence-corrected chi connectivity index (χ0v) is 27.1. The molecule has 5 rings (SSSR count). The first-order valence-corrected chi connectivity index (χ1v) is 18.2. The number of hydrogen-bond acceptors (Lipinski definition) is 7. The van der Waals surface area contributed by atoms with E-state index in [1.807, 2.05) is 0 Å². The van der Waals surface area contributed by atoms with Crippen LogP contribution < -0.4 is 5.32 Å². The highest BCUT2D eigenvalue weighted by molar-refractivity contribution is 7.92. The number of nitrogens with zero attached hydrogens (tertiary/aromatic N) is 1. The molecule has 1 saturated heterocycles. The van der Waals surface area contributed by atoms with E-state index in [-0.39, 0.29) is 50.8 Å². The van der Waals surface area contributed by atoms with Gasteiger partial charge in [-0.15, -0.1) is 0 Å². The lowest BCUT2D eigenvalue weighted by Gasteiger charge is -2.44. The lowest BCUT2D eigenvalue weighted by Crippen LogP contribution is -2.58. The van der Waals surface area contributed by atoms with Gasteiger partial charge in [-0.05, 0) is 67.5 Å². The number of aryl methyl sites for hydroxylation is 1. The molecule has 2 aliphatic carbocycles. The van der Waals surface area contributed by atoms with E-state index in [1.165, 1.54) is 0 Å². The first-order chi connectivity index (χ1) is 22.4. The standard InChI is InChI=1S/C30H30F8N2O7S2/c1-48(44,45)40-12-10-26(43,11-13-40)25(42)39-24-15-19(16-41)27(49(46,47)21-6-4-20(31)5-7-21)22-9-3-18(14-17(22)2-8-23(24)27)28(32,29(33,34)35)30(36,37)38/h3-7,9,14,16,19,23-24,43H,2,8,10-13,15H2,1H3,(H,39,42)/t19?,23-,24+,27-/m0/s1. The van der Waals surface area contributed by atoms with Crippen LogP contribution in [0.2, 0.25) is 0 Å². The van der Waals surface area contributed by atoms with Gasteiger partial charge >= 0.3 is 18.0 Å². The molecule has 1 unspecified atom stereocenters. The second kappa shape index (κ2) is 12.0. The smallest absolute Gasteiger partial charge is 0.380 e. The number of benzene rings is 2. The van der Waals surface area contributed by atoms with Gasteiger partial charge in [0.25, 0.3) is 5.91 Å². The monoisotopic (exact) mass is 746 g/mol. The van der Waals surface area contributed by atoms with Crippen molar-refractivity contribution in [2.75, 3.05) is 19.3 Å². The van der Waals surface area contributed by atoms with Gasteiger partial charge in [-0.2, -0.15) is 26.3 Å². The molecule has 270 valence electrons. The number of hydrogen-bond donors (Lipinski definition) is 2. The molecule has 0 radical (unpaired) electrons. The molecular weight excluding hydrogens is 716 g/mol. The minimum Gasteiger partial charge on any atom is -0.380 e. The number of nitrogens with one attached hydrogen (secondary N) is 1. The summed E-state index contributed by atoms with van der Waals surface area (Å²) in [4.78, 5) is 25.7. The minimum atomic E-state index is -6.46. The van der Waals surface area contributed by atoms with Crippen molar-refractivity contribution in [3.63, 3.8) is 0 Å². The van der Waals surface area contributed by atoms with Crippen molar-refractivity contribution in [2.45, 2.75) is 71.4 Å². The van der Waals surface area contributed by atoms with E-state index < -0.39 is 112 Å². The van der Waals surface area contributed by atoms with Crippen LogP contribution in [0.5, 0.6) is 0 Å². The highest BCUT2D eigenvalue weighted by Crippen LogP contribution is 2.61. The van der Waals surface area contributed by atoms with Crippen molar-refractivity contribution in [1.29, 1.82) is 0 Å². The summed E-state index contributed by atoms with van der Waals surface area (Å²) in [6.45, 7) is -0.448. The topological polar surface area (TPSA) is 138 Å². The van der Waals surface area contributed by atoms with E-state index in [0.717, 1.165) is 34.8 Å². The maximum absolute atomic E-state index is 15.1. The van der Waals surface area contributed by atoms with E-state index >= 15 is 4.39 Å². The van der Waals surface area contributed by atoms with Gasteiger partial charge in [0, 0.05) is 36.5 Å². The molecule has 2 N–H and O–H groups in total. The third-order valence-electron chi connectivity index (χ3n) is 10.0. The number of alkyl halides is 7. The Labute approximate surface area is 275 Å². The molecule has 1 amide bonds. The molecule has 1 heterocycles. The molecule has 2 aromatic carbocycles. The number of piperidine rings is 1. The quantitative estimate of drug-likeness (QED) is 0.250. The third kappa shape index (κ3) is 5.73. The Bertz CT molecular complexity index is 1850. The number of aliphatic hydroxyl groups is 1. The molecule has 19 heteroatoms. The molecule has 2 fully saturated rings. The van der Waals surface area contributed by atoms with Gasteiger partial charge in [0.15, 0.2) is 9.84 Å². The molecule has 2 aromatic rings. The lowest BCUT2D eigenvalue weighted by molar-refractivity contribution is -0.348. The lowest BCUT2D eigenvalue weighted by atomic mass is 9.71. The first kappa shape index (κ1) is 37.1. The molecule has 1 aliphatic heterocycles. The fraction of sp³-hybridized carbons (Fsp3) is 0.533. The van der Waals surface area contributed by atoms with Gasteiger partial charge in [-0.3, -0.25) is 4.79 Å². The van der Waals surface area contributed by atoms with Crippen molar-refractivity contribution in [3.8, 4) is 0 Å². The van der Waals surface area contributed by atoms with Gasteiger partial charge in [0.05, 0.1) is 11.2 Å². The summed E-state index contributed by atoms with van der Waals surface area (Å²) >= 11 is 0. The van der Waals surface area contributed by atoms with Gasteiger partial charge in [-0.25, -0.2) is 29.9 Å². The molecular formula is C30H30F8N2O7S2. The van der Waals surface area contributed by atoms with Gasteiger partial charge in [-0.1, -0.05) is 18.2 Å². The van der Waals surface area contributed by atoms with Crippen molar-refractivity contribution in [1.82, 2.24) is 9.62 Å². The number of fused-ring (bicyclic) bond motifs is 3. The summed E-state index contributed by atoms with van der Waals surface area (Å²) in [5.41, 5.74) is -10.6. The van der Waals surface area contributed by atoms with E-state index in [9.17, 15) is 62.3 Å².